The Balaban J connectivity index is 2.64. The van der Waals surface area contributed by atoms with Gasteiger partial charge in [0.2, 0.25) is 11.8 Å². The van der Waals surface area contributed by atoms with Gasteiger partial charge in [0.05, 0.1) is 6.54 Å². The first kappa shape index (κ1) is 16.0. The summed E-state index contributed by atoms with van der Waals surface area (Å²) in [6.45, 7) is 9.56. The van der Waals surface area contributed by atoms with Crippen LogP contribution in [0.4, 0.5) is 5.69 Å². The smallest absolute Gasteiger partial charge is 0.244 e. The van der Waals surface area contributed by atoms with Crippen molar-refractivity contribution in [2.75, 3.05) is 11.9 Å². The van der Waals surface area contributed by atoms with Crippen molar-refractivity contribution in [2.45, 2.75) is 34.6 Å². The zero-order valence-corrected chi connectivity index (χ0v) is 12.8. The fourth-order valence-corrected chi connectivity index (χ4v) is 2.04. The summed E-state index contributed by atoms with van der Waals surface area (Å²) in [6.07, 6.45) is 1.47. The minimum atomic E-state index is -0.252. The lowest BCUT2D eigenvalue weighted by Gasteiger charge is -2.13. The summed E-state index contributed by atoms with van der Waals surface area (Å²) in [7, 11) is 0. The van der Waals surface area contributed by atoms with Crippen LogP contribution in [0.15, 0.2) is 23.8 Å². The highest BCUT2D eigenvalue weighted by Gasteiger charge is 2.08. The molecule has 1 aromatic rings. The fraction of sp³-hybridized carbons (Fsp3) is 0.375. The molecular weight excluding hydrogens is 252 g/mol. The Kier molecular flexibility index (Phi) is 5.50. The van der Waals surface area contributed by atoms with E-state index in [0.29, 0.717) is 0 Å². The third kappa shape index (κ3) is 4.88. The average Bonchev–Trinajstić information content (AvgIpc) is 2.30. The lowest BCUT2D eigenvalue weighted by Crippen LogP contribution is -2.32. The van der Waals surface area contributed by atoms with Crippen LogP contribution in [-0.4, -0.2) is 18.4 Å². The van der Waals surface area contributed by atoms with Crippen molar-refractivity contribution in [3.8, 4) is 0 Å². The molecule has 108 valence electrons. The Labute approximate surface area is 120 Å². The van der Waals surface area contributed by atoms with E-state index in [-0.39, 0.29) is 18.4 Å². The molecule has 20 heavy (non-hydrogen) atoms. The maximum absolute atomic E-state index is 11.8. The van der Waals surface area contributed by atoms with Gasteiger partial charge < -0.3 is 10.6 Å². The molecule has 2 N–H and O–H groups in total. The first-order valence-corrected chi connectivity index (χ1v) is 6.60. The zero-order valence-electron chi connectivity index (χ0n) is 12.8. The Bertz CT molecular complexity index is 533. The summed E-state index contributed by atoms with van der Waals surface area (Å²) < 4.78 is 0. The van der Waals surface area contributed by atoms with E-state index in [0.717, 1.165) is 28.0 Å². The zero-order chi connectivity index (χ0) is 15.3. The molecule has 4 heteroatoms. The predicted molar refractivity (Wildman–Crippen MR) is 81.7 cm³/mol. The number of hydrogen-bond donors (Lipinski definition) is 2. The van der Waals surface area contributed by atoms with Crippen molar-refractivity contribution in [2.24, 2.45) is 0 Å². The molecule has 0 saturated carbocycles. The molecule has 0 radical (unpaired) electrons. The Morgan fingerprint density at radius 3 is 2.15 bits per heavy atom. The van der Waals surface area contributed by atoms with E-state index in [1.807, 2.05) is 46.8 Å². The van der Waals surface area contributed by atoms with Gasteiger partial charge in [-0.3, -0.25) is 9.59 Å². The molecule has 0 aliphatic carbocycles. The maximum atomic E-state index is 11.8. The van der Waals surface area contributed by atoms with Crippen LogP contribution in [0.1, 0.15) is 30.5 Å². The molecule has 0 fully saturated rings. The number of allylic oxidation sites excluding steroid dienone is 1. The summed E-state index contributed by atoms with van der Waals surface area (Å²) in [4.78, 5) is 23.3. The quantitative estimate of drug-likeness (QED) is 0.829. The first-order chi connectivity index (χ1) is 9.29. The number of anilines is 1. The fourth-order valence-electron chi connectivity index (χ4n) is 2.04. The van der Waals surface area contributed by atoms with E-state index >= 15 is 0 Å². The molecule has 0 saturated heterocycles. The van der Waals surface area contributed by atoms with Gasteiger partial charge in [-0.15, -0.1) is 0 Å². The van der Waals surface area contributed by atoms with Crippen molar-refractivity contribution in [1.82, 2.24) is 5.32 Å². The van der Waals surface area contributed by atoms with E-state index < -0.39 is 0 Å². The second-order valence-corrected chi connectivity index (χ2v) is 5.26. The van der Waals surface area contributed by atoms with Gasteiger partial charge in [0.15, 0.2) is 0 Å². The number of nitrogens with one attached hydrogen (secondary N) is 2. The van der Waals surface area contributed by atoms with Gasteiger partial charge in [-0.25, -0.2) is 0 Å². The van der Waals surface area contributed by atoms with E-state index in [9.17, 15) is 9.59 Å². The van der Waals surface area contributed by atoms with Crippen LogP contribution < -0.4 is 10.6 Å². The van der Waals surface area contributed by atoms with Crippen LogP contribution in [0, 0.1) is 20.8 Å². The largest absolute Gasteiger partial charge is 0.343 e. The topological polar surface area (TPSA) is 58.2 Å². The van der Waals surface area contributed by atoms with Crippen LogP contribution in [-0.2, 0) is 9.59 Å². The van der Waals surface area contributed by atoms with Crippen molar-refractivity contribution >= 4 is 17.5 Å². The summed E-state index contributed by atoms with van der Waals surface area (Å²) in [5.74, 6) is -0.479. The number of amides is 2. The lowest BCUT2D eigenvalue weighted by molar-refractivity contribution is -0.121. The van der Waals surface area contributed by atoms with E-state index in [2.05, 4.69) is 10.6 Å². The highest BCUT2D eigenvalue weighted by molar-refractivity contribution is 5.97. The lowest BCUT2D eigenvalue weighted by atomic mass is 10.1. The molecule has 1 rings (SSSR count). The number of aryl methyl sites for hydroxylation is 3. The van der Waals surface area contributed by atoms with Gasteiger partial charge in [-0.05, 0) is 45.7 Å². The number of carbonyl (C=O) groups is 2. The standard InChI is InChI=1S/C16H22N2O2/c1-10(2)6-14(19)17-9-15(20)18-16-12(4)7-11(3)8-13(16)5/h6-8H,9H2,1-5H3,(H,17,19)(H,18,20). The second-order valence-electron chi connectivity index (χ2n) is 5.26. The van der Waals surface area contributed by atoms with E-state index in [1.165, 1.54) is 6.08 Å². The molecule has 0 aromatic heterocycles. The molecule has 0 atom stereocenters. The molecule has 0 unspecified atom stereocenters. The van der Waals surface area contributed by atoms with Crippen LogP contribution in [0.25, 0.3) is 0 Å². The van der Waals surface area contributed by atoms with Gasteiger partial charge in [0, 0.05) is 11.8 Å². The number of benzene rings is 1. The molecule has 0 bridgehead atoms. The molecule has 0 heterocycles. The van der Waals surface area contributed by atoms with Crippen LogP contribution >= 0.6 is 0 Å². The Morgan fingerprint density at radius 2 is 1.65 bits per heavy atom. The maximum Gasteiger partial charge on any atom is 0.244 e. The SMILES string of the molecule is CC(C)=CC(=O)NCC(=O)Nc1c(C)cc(C)cc1C. The summed E-state index contributed by atoms with van der Waals surface area (Å²) in [5.41, 5.74) is 4.91. The second kappa shape index (κ2) is 6.89. The minimum Gasteiger partial charge on any atom is -0.343 e. The number of rotatable bonds is 4. The van der Waals surface area contributed by atoms with Crippen LogP contribution in [0.5, 0.6) is 0 Å². The molecular formula is C16H22N2O2. The number of carbonyl (C=O) groups excluding carboxylic acids is 2. The monoisotopic (exact) mass is 274 g/mol. The third-order valence-corrected chi connectivity index (χ3v) is 2.78. The molecule has 2 amide bonds. The van der Waals surface area contributed by atoms with Gasteiger partial charge in [-0.2, -0.15) is 0 Å². The van der Waals surface area contributed by atoms with Crippen molar-refractivity contribution in [3.63, 3.8) is 0 Å². The minimum absolute atomic E-state index is 0.0324. The van der Waals surface area contributed by atoms with Crippen molar-refractivity contribution in [1.29, 1.82) is 0 Å². The molecule has 1 aromatic carbocycles. The molecule has 0 spiro atoms. The Morgan fingerprint density at radius 1 is 1.10 bits per heavy atom. The van der Waals surface area contributed by atoms with Gasteiger partial charge in [0.1, 0.15) is 0 Å². The van der Waals surface area contributed by atoms with E-state index in [1.54, 1.807) is 0 Å². The Hall–Kier alpha value is -2.10. The van der Waals surface area contributed by atoms with Crippen molar-refractivity contribution in [3.05, 3.63) is 40.5 Å². The van der Waals surface area contributed by atoms with Crippen molar-refractivity contribution < 1.29 is 9.59 Å². The van der Waals surface area contributed by atoms with Crippen LogP contribution in [0.2, 0.25) is 0 Å². The van der Waals surface area contributed by atoms with E-state index in [4.69, 9.17) is 0 Å². The number of hydrogen-bond acceptors (Lipinski definition) is 2. The predicted octanol–water partition coefficient (Wildman–Crippen LogP) is 2.63. The van der Waals surface area contributed by atoms with Gasteiger partial charge >= 0.3 is 0 Å². The molecule has 0 aliphatic heterocycles. The van der Waals surface area contributed by atoms with Gasteiger partial charge in [-0.1, -0.05) is 23.3 Å². The summed E-state index contributed by atoms with van der Waals surface area (Å²) in [5, 5.41) is 5.40. The normalized spacial score (nSPS) is 9.85. The molecule has 4 nitrogen and oxygen atoms in total. The van der Waals surface area contributed by atoms with Crippen LogP contribution in [0.3, 0.4) is 0 Å². The average molecular weight is 274 g/mol. The highest BCUT2D eigenvalue weighted by Crippen LogP contribution is 2.21. The molecule has 0 aliphatic rings. The third-order valence-electron chi connectivity index (χ3n) is 2.78. The highest BCUT2D eigenvalue weighted by atomic mass is 16.2. The summed E-state index contributed by atoms with van der Waals surface area (Å²) in [6, 6.07) is 4.04. The summed E-state index contributed by atoms with van der Waals surface area (Å²) >= 11 is 0. The van der Waals surface area contributed by atoms with Gasteiger partial charge in [0.25, 0.3) is 0 Å². The first-order valence-electron chi connectivity index (χ1n) is 6.60.